The minimum absolute atomic E-state index is 0.253. The second-order valence-electron chi connectivity index (χ2n) is 1.66. The molecule has 0 saturated carbocycles. The quantitative estimate of drug-likeness (QED) is 0.548. The highest BCUT2D eigenvalue weighted by molar-refractivity contribution is 8.00. The first-order valence-corrected chi connectivity index (χ1v) is 4.75. The van der Waals surface area contributed by atoms with Crippen LogP contribution in [0.3, 0.4) is 0 Å². The standard InChI is InChI=1S/C4H6N4S3/c1-2-6-7-4(10-2)11-8-3(5)9/h1H3,(H3,5,8,9). The number of nitrogens with one attached hydrogen (secondary N) is 1. The van der Waals surface area contributed by atoms with E-state index in [1.165, 1.54) is 23.3 Å². The number of nitrogens with two attached hydrogens (primary N) is 1. The molecule has 1 aromatic heterocycles. The molecular weight excluding hydrogens is 200 g/mol. The summed E-state index contributed by atoms with van der Waals surface area (Å²) in [4.78, 5) is 0. The van der Waals surface area contributed by atoms with Crippen LogP contribution >= 0.6 is 35.5 Å². The summed E-state index contributed by atoms with van der Waals surface area (Å²) in [5, 5.41) is 8.84. The molecule has 0 aliphatic heterocycles. The highest BCUT2D eigenvalue weighted by atomic mass is 32.2. The van der Waals surface area contributed by atoms with Gasteiger partial charge in [0.15, 0.2) is 9.45 Å². The molecule has 0 saturated heterocycles. The Morgan fingerprint density at radius 3 is 2.91 bits per heavy atom. The summed E-state index contributed by atoms with van der Waals surface area (Å²) >= 11 is 7.37. The van der Waals surface area contributed by atoms with Crippen LogP contribution in [0.2, 0.25) is 0 Å². The van der Waals surface area contributed by atoms with Crippen molar-refractivity contribution in [2.75, 3.05) is 0 Å². The second-order valence-corrected chi connectivity index (χ2v) is 4.33. The Morgan fingerprint density at radius 2 is 2.45 bits per heavy atom. The van der Waals surface area contributed by atoms with E-state index in [1.54, 1.807) is 0 Å². The Kier molecular flexibility index (Phi) is 3.03. The van der Waals surface area contributed by atoms with E-state index in [2.05, 4.69) is 27.1 Å². The van der Waals surface area contributed by atoms with Gasteiger partial charge in [-0.15, -0.1) is 10.2 Å². The molecule has 1 heterocycles. The fourth-order valence-electron chi connectivity index (χ4n) is 0.414. The first kappa shape index (κ1) is 8.69. The van der Waals surface area contributed by atoms with Gasteiger partial charge in [0.1, 0.15) is 5.01 Å². The van der Waals surface area contributed by atoms with E-state index in [9.17, 15) is 0 Å². The summed E-state index contributed by atoms with van der Waals surface area (Å²) in [6.45, 7) is 1.89. The van der Waals surface area contributed by atoms with Crippen molar-refractivity contribution in [1.82, 2.24) is 14.9 Å². The maximum absolute atomic E-state index is 5.20. The van der Waals surface area contributed by atoms with Gasteiger partial charge >= 0.3 is 0 Å². The normalized spacial score (nSPS) is 9.55. The van der Waals surface area contributed by atoms with Crippen LogP contribution in [0.15, 0.2) is 4.34 Å². The maximum Gasteiger partial charge on any atom is 0.194 e. The van der Waals surface area contributed by atoms with Crippen molar-refractivity contribution >= 4 is 40.6 Å². The lowest BCUT2D eigenvalue weighted by molar-refractivity contribution is 0.983. The molecule has 0 aliphatic carbocycles. The van der Waals surface area contributed by atoms with Crippen molar-refractivity contribution in [2.45, 2.75) is 11.3 Å². The Bertz CT molecular complexity index is 258. The lowest BCUT2D eigenvalue weighted by Gasteiger charge is -1.95. The van der Waals surface area contributed by atoms with Crippen LogP contribution in [0.25, 0.3) is 0 Å². The smallest absolute Gasteiger partial charge is 0.194 e. The summed E-state index contributed by atoms with van der Waals surface area (Å²) in [6.07, 6.45) is 0. The fourth-order valence-corrected chi connectivity index (χ4v) is 1.88. The van der Waals surface area contributed by atoms with Crippen LogP contribution in [0.5, 0.6) is 0 Å². The fraction of sp³-hybridized carbons (Fsp3) is 0.250. The van der Waals surface area contributed by atoms with Crippen LogP contribution in [-0.4, -0.2) is 15.3 Å². The lowest BCUT2D eigenvalue weighted by atomic mass is 10.9. The van der Waals surface area contributed by atoms with Crippen LogP contribution in [0.4, 0.5) is 0 Å². The van der Waals surface area contributed by atoms with Gasteiger partial charge in [-0.2, -0.15) is 0 Å². The molecule has 1 rings (SSSR count). The summed E-state index contributed by atoms with van der Waals surface area (Å²) in [5.74, 6) is 0. The minimum atomic E-state index is 0.253. The first-order valence-electron chi connectivity index (χ1n) is 2.71. The van der Waals surface area contributed by atoms with Gasteiger partial charge in [-0.25, -0.2) is 0 Å². The number of hydrogen-bond donors (Lipinski definition) is 2. The molecule has 0 radical (unpaired) electrons. The summed E-state index contributed by atoms with van der Waals surface area (Å²) in [7, 11) is 0. The highest BCUT2D eigenvalue weighted by Crippen LogP contribution is 2.18. The predicted octanol–water partition coefficient (Wildman–Crippen LogP) is 0.687. The summed E-state index contributed by atoms with van der Waals surface area (Å²) in [5.41, 5.74) is 5.20. The highest BCUT2D eigenvalue weighted by Gasteiger charge is 1.99. The number of nitrogens with zero attached hydrogens (tertiary/aromatic N) is 2. The summed E-state index contributed by atoms with van der Waals surface area (Å²) < 4.78 is 3.52. The molecule has 1 aromatic rings. The van der Waals surface area contributed by atoms with Crippen molar-refractivity contribution in [3.63, 3.8) is 0 Å². The molecule has 0 unspecified atom stereocenters. The number of aromatic nitrogens is 2. The average Bonchev–Trinajstić information content (AvgIpc) is 2.31. The van der Waals surface area contributed by atoms with Crippen molar-refractivity contribution < 1.29 is 0 Å². The van der Waals surface area contributed by atoms with E-state index in [-0.39, 0.29) is 5.11 Å². The van der Waals surface area contributed by atoms with Gasteiger partial charge in [0.25, 0.3) is 0 Å². The van der Waals surface area contributed by atoms with Crippen molar-refractivity contribution in [1.29, 1.82) is 0 Å². The largest absolute Gasteiger partial charge is 0.376 e. The maximum atomic E-state index is 5.20. The Morgan fingerprint density at radius 1 is 1.73 bits per heavy atom. The van der Waals surface area contributed by atoms with Crippen LogP contribution < -0.4 is 10.5 Å². The zero-order valence-corrected chi connectivity index (χ0v) is 8.15. The molecule has 60 valence electrons. The minimum Gasteiger partial charge on any atom is -0.376 e. The zero-order chi connectivity index (χ0) is 8.27. The van der Waals surface area contributed by atoms with Gasteiger partial charge in [-0.05, 0) is 19.1 Å². The van der Waals surface area contributed by atoms with Gasteiger partial charge < -0.3 is 10.5 Å². The third kappa shape index (κ3) is 3.00. The lowest BCUT2D eigenvalue weighted by Crippen LogP contribution is -2.22. The van der Waals surface area contributed by atoms with Gasteiger partial charge in [0.2, 0.25) is 0 Å². The molecule has 0 amide bonds. The molecule has 0 aromatic carbocycles. The van der Waals surface area contributed by atoms with Crippen molar-refractivity contribution in [3.05, 3.63) is 5.01 Å². The predicted molar refractivity (Wildman–Crippen MR) is 50.4 cm³/mol. The van der Waals surface area contributed by atoms with E-state index in [1.807, 2.05) is 6.92 Å². The van der Waals surface area contributed by atoms with Gasteiger partial charge in [-0.1, -0.05) is 11.3 Å². The molecule has 0 fully saturated rings. The zero-order valence-electron chi connectivity index (χ0n) is 5.70. The third-order valence-corrected chi connectivity index (χ3v) is 2.69. The Balaban J connectivity index is 2.45. The van der Waals surface area contributed by atoms with Crippen molar-refractivity contribution in [3.8, 4) is 0 Å². The molecule has 3 N–H and O–H groups in total. The van der Waals surface area contributed by atoms with Gasteiger partial charge in [0, 0.05) is 11.9 Å². The Labute approximate surface area is 77.7 Å². The van der Waals surface area contributed by atoms with Crippen LogP contribution in [0.1, 0.15) is 5.01 Å². The topological polar surface area (TPSA) is 63.8 Å². The van der Waals surface area contributed by atoms with E-state index in [4.69, 9.17) is 5.73 Å². The van der Waals surface area contributed by atoms with Gasteiger partial charge in [-0.3, -0.25) is 0 Å². The molecule has 11 heavy (non-hydrogen) atoms. The molecule has 4 nitrogen and oxygen atoms in total. The molecular formula is C4H6N4S3. The molecule has 7 heteroatoms. The number of hydrogen-bond acceptors (Lipinski definition) is 5. The van der Waals surface area contributed by atoms with Crippen molar-refractivity contribution in [2.24, 2.45) is 5.73 Å². The van der Waals surface area contributed by atoms with E-state index < -0.39 is 0 Å². The van der Waals surface area contributed by atoms with E-state index in [0.29, 0.717) is 0 Å². The molecule has 0 bridgehead atoms. The second kappa shape index (κ2) is 3.84. The number of thiocarbonyl (C=S) groups is 1. The SMILES string of the molecule is Cc1nnc(SNC(N)=S)s1. The number of aryl methyl sites for hydroxylation is 1. The Hall–Kier alpha value is -0.400. The molecule has 0 aliphatic rings. The molecule has 0 spiro atoms. The third-order valence-electron chi connectivity index (χ3n) is 0.746. The summed E-state index contributed by atoms with van der Waals surface area (Å²) in [6, 6.07) is 0. The van der Waals surface area contributed by atoms with Crippen LogP contribution in [-0.2, 0) is 0 Å². The van der Waals surface area contributed by atoms with E-state index in [0.717, 1.165) is 9.35 Å². The average molecular weight is 206 g/mol. The first-order chi connectivity index (χ1) is 5.18. The molecule has 0 atom stereocenters. The van der Waals surface area contributed by atoms with Gasteiger partial charge in [0.05, 0.1) is 0 Å². The van der Waals surface area contributed by atoms with E-state index >= 15 is 0 Å². The number of rotatable bonds is 2. The monoisotopic (exact) mass is 206 g/mol. The van der Waals surface area contributed by atoms with Crippen LogP contribution in [0, 0.1) is 6.92 Å².